The molecule has 0 unspecified atom stereocenters. The summed E-state index contributed by atoms with van der Waals surface area (Å²) in [5.74, 6) is -0.258. The average molecular weight is 266 g/mol. The summed E-state index contributed by atoms with van der Waals surface area (Å²) in [6, 6.07) is 4.86. The van der Waals surface area contributed by atoms with E-state index in [1.165, 1.54) is 31.5 Å². The summed E-state index contributed by atoms with van der Waals surface area (Å²) < 4.78 is 37.7. The van der Waals surface area contributed by atoms with Crippen molar-refractivity contribution in [2.45, 2.75) is 13.1 Å². The lowest BCUT2D eigenvalue weighted by atomic mass is 10.1. The van der Waals surface area contributed by atoms with Crippen LogP contribution in [-0.2, 0) is 6.18 Å². The van der Waals surface area contributed by atoms with Gasteiger partial charge in [-0.3, -0.25) is 4.79 Å². The summed E-state index contributed by atoms with van der Waals surface area (Å²) in [5.41, 5.74) is 0.0432. The van der Waals surface area contributed by atoms with Crippen LogP contribution < -0.4 is 0 Å². The van der Waals surface area contributed by atoms with Gasteiger partial charge in [-0.1, -0.05) is 12.1 Å². The standard InChI is InChI=1S/C13H9F3N2O/c1-8(19)12-17-6-10(7-18-12)9-3-2-4-11(5-9)13(14,15)16/h2-7H,1H3. The highest BCUT2D eigenvalue weighted by molar-refractivity contribution is 5.90. The smallest absolute Gasteiger partial charge is 0.291 e. The maximum Gasteiger partial charge on any atom is 0.416 e. The molecule has 0 saturated heterocycles. The first kappa shape index (κ1) is 13.2. The van der Waals surface area contributed by atoms with Crippen LogP contribution in [0.2, 0.25) is 0 Å². The third kappa shape index (κ3) is 2.96. The lowest BCUT2D eigenvalue weighted by Crippen LogP contribution is -2.05. The van der Waals surface area contributed by atoms with Crippen LogP contribution in [0.5, 0.6) is 0 Å². The summed E-state index contributed by atoms with van der Waals surface area (Å²) in [7, 11) is 0. The number of alkyl halides is 3. The maximum atomic E-state index is 12.6. The highest BCUT2D eigenvalue weighted by Gasteiger charge is 2.30. The lowest BCUT2D eigenvalue weighted by Gasteiger charge is -2.08. The van der Waals surface area contributed by atoms with E-state index in [0.717, 1.165) is 12.1 Å². The molecule has 2 rings (SSSR count). The van der Waals surface area contributed by atoms with E-state index in [1.54, 1.807) is 0 Å². The Hall–Kier alpha value is -2.24. The number of hydrogen-bond acceptors (Lipinski definition) is 3. The van der Waals surface area contributed by atoms with Crippen LogP contribution in [0.3, 0.4) is 0 Å². The molecular formula is C13H9F3N2O. The highest BCUT2D eigenvalue weighted by atomic mass is 19.4. The summed E-state index contributed by atoms with van der Waals surface area (Å²) in [5, 5.41) is 0. The molecule has 6 heteroatoms. The molecule has 0 aliphatic rings. The van der Waals surface area contributed by atoms with Crippen molar-refractivity contribution in [1.82, 2.24) is 9.97 Å². The Labute approximate surface area is 107 Å². The Balaban J connectivity index is 2.39. The number of carbonyl (C=O) groups is 1. The normalized spacial score (nSPS) is 11.4. The third-order valence-corrected chi connectivity index (χ3v) is 2.49. The number of ketones is 1. The first-order valence-corrected chi connectivity index (χ1v) is 5.38. The Morgan fingerprint density at radius 2 is 1.74 bits per heavy atom. The fraction of sp³-hybridized carbons (Fsp3) is 0.154. The molecule has 19 heavy (non-hydrogen) atoms. The van der Waals surface area contributed by atoms with E-state index in [9.17, 15) is 18.0 Å². The molecule has 0 radical (unpaired) electrons. The molecule has 0 fully saturated rings. The van der Waals surface area contributed by atoms with Crippen molar-refractivity contribution in [3.8, 4) is 11.1 Å². The number of benzene rings is 1. The van der Waals surface area contributed by atoms with E-state index < -0.39 is 11.7 Å². The minimum absolute atomic E-state index is 0.0377. The molecule has 2 aromatic rings. The molecule has 0 spiro atoms. The molecule has 98 valence electrons. The third-order valence-electron chi connectivity index (χ3n) is 2.49. The molecule has 1 aromatic heterocycles. The Kier molecular flexibility index (Phi) is 3.33. The van der Waals surface area contributed by atoms with Gasteiger partial charge in [0.2, 0.25) is 0 Å². The summed E-state index contributed by atoms with van der Waals surface area (Å²) in [6.07, 6.45) is -1.73. The molecule has 0 aliphatic carbocycles. The van der Waals surface area contributed by atoms with Crippen LogP contribution in [-0.4, -0.2) is 15.8 Å². The van der Waals surface area contributed by atoms with E-state index in [2.05, 4.69) is 9.97 Å². The second-order valence-electron chi connectivity index (χ2n) is 3.93. The largest absolute Gasteiger partial charge is 0.416 e. The first-order valence-electron chi connectivity index (χ1n) is 5.38. The number of halogens is 3. The average Bonchev–Trinajstić information content (AvgIpc) is 2.38. The number of aromatic nitrogens is 2. The van der Waals surface area contributed by atoms with Gasteiger partial charge in [-0.25, -0.2) is 9.97 Å². The van der Waals surface area contributed by atoms with Gasteiger partial charge in [0.25, 0.3) is 0 Å². The van der Waals surface area contributed by atoms with Gasteiger partial charge in [-0.05, 0) is 17.7 Å². The van der Waals surface area contributed by atoms with Crippen molar-refractivity contribution in [2.75, 3.05) is 0 Å². The highest BCUT2D eigenvalue weighted by Crippen LogP contribution is 2.31. The predicted octanol–water partition coefficient (Wildman–Crippen LogP) is 3.37. The summed E-state index contributed by atoms with van der Waals surface area (Å²) >= 11 is 0. The predicted molar refractivity (Wildman–Crippen MR) is 62.5 cm³/mol. The fourth-order valence-corrected chi connectivity index (χ4v) is 1.53. The van der Waals surface area contributed by atoms with Crippen LogP contribution >= 0.6 is 0 Å². The molecule has 0 saturated carbocycles. The quantitative estimate of drug-likeness (QED) is 0.783. The van der Waals surface area contributed by atoms with Crippen molar-refractivity contribution in [1.29, 1.82) is 0 Å². The number of nitrogens with zero attached hydrogens (tertiary/aromatic N) is 2. The van der Waals surface area contributed by atoms with Gasteiger partial charge in [0.05, 0.1) is 5.56 Å². The minimum atomic E-state index is -4.39. The van der Waals surface area contributed by atoms with Gasteiger partial charge in [0.1, 0.15) is 0 Å². The monoisotopic (exact) mass is 266 g/mol. The Morgan fingerprint density at radius 1 is 1.11 bits per heavy atom. The molecule has 0 N–H and O–H groups in total. The first-order chi connectivity index (χ1) is 8.88. The second-order valence-corrected chi connectivity index (χ2v) is 3.93. The summed E-state index contributed by atoms with van der Waals surface area (Å²) in [6.45, 7) is 1.32. The van der Waals surface area contributed by atoms with Crippen LogP contribution in [0, 0.1) is 0 Å². The molecule has 0 bridgehead atoms. The second kappa shape index (κ2) is 4.79. The zero-order valence-corrected chi connectivity index (χ0v) is 9.90. The van der Waals surface area contributed by atoms with Crippen molar-refractivity contribution in [3.05, 3.63) is 48.0 Å². The zero-order valence-electron chi connectivity index (χ0n) is 9.90. The number of Topliss-reactive ketones (excluding diaryl/α,β-unsaturated/α-hetero) is 1. The maximum absolute atomic E-state index is 12.6. The van der Waals surface area contributed by atoms with E-state index in [0.29, 0.717) is 11.1 Å². The van der Waals surface area contributed by atoms with Gasteiger partial charge in [-0.15, -0.1) is 0 Å². The molecule has 0 amide bonds. The van der Waals surface area contributed by atoms with Crippen LogP contribution in [0.15, 0.2) is 36.7 Å². The van der Waals surface area contributed by atoms with Gasteiger partial charge in [0.15, 0.2) is 11.6 Å². The molecular weight excluding hydrogens is 257 g/mol. The van der Waals surface area contributed by atoms with E-state index >= 15 is 0 Å². The van der Waals surface area contributed by atoms with Crippen LogP contribution in [0.25, 0.3) is 11.1 Å². The van der Waals surface area contributed by atoms with Crippen LogP contribution in [0.4, 0.5) is 13.2 Å². The van der Waals surface area contributed by atoms with Crippen LogP contribution in [0.1, 0.15) is 23.1 Å². The lowest BCUT2D eigenvalue weighted by molar-refractivity contribution is -0.137. The number of hydrogen-bond donors (Lipinski definition) is 0. The number of carbonyl (C=O) groups excluding carboxylic acids is 1. The van der Waals surface area contributed by atoms with Gasteiger partial charge in [0, 0.05) is 24.9 Å². The van der Waals surface area contributed by atoms with Crippen molar-refractivity contribution >= 4 is 5.78 Å². The van der Waals surface area contributed by atoms with E-state index in [1.807, 2.05) is 0 Å². The molecule has 1 aromatic carbocycles. The minimum Gasteiger partial charge on any atom is -0.291 e. The van der Waals surface area contributed by atoms with Crippen molar-refractivity contribution in [3.63, 3.8) is 0 Å². The Bertz CT molecular complexity index is 606. The fourth-order valence-electron chi connectivity index (χ4n) is 1.53. The van der Waals surface area contributed by atoms with E-state index in [4.69, 9.17) is 0 Å². The topological polar surface area (TPSA) is 42.9 Å². The van der Waals surface area contributed by atoms with E-state index in [-0.39, 0.29) is 11.6 Å². The van der Waals surface area contributed by atoms with Crippen molar-refractivity contribution in [2.24, 2.45) is 0 Å². The van der Waals surface area contributed by atoms with Gasteiger partial charge in [-0.2, -0.15) is 13.2 Å². The SMILES string of the molecule is CC(=O)c1ncc(-c2cccc(C(F)(F)F)c2)cn1. The number of rotatable bonds is 2. The van der Waals surface area contributed by atoms with Gasteiger partial charge < -0.3 is 0 Å². The Morgan fingerprint density at radius 3 is 2.26 bits per heavy atom. The van der Waals surface area contributed by atoms with Gasteiger partial charge >= 0.3 is 6.18 Å². The zero-order chi connectivity index (χ0) is 14.0. The molecule has 1 heterocycles. The van der Waals surface area contributed by atoms with Crippen molar-refractivity contribution < 1.29 is 18.0 Å². The molecule has 0 aliphatic heterocycles. The molecule has 0 atom stereocenters. The summed E-state index contributed by atoms with van der Waals surface area (Å²) in [4.78, 5) is 18.6. The molecule has 3 nitrogen and oxygen atoms in total.